The van der Waals surface area contributed by atoms with E-state index >= 15 is 0 Å². The first-order valence-corrected chi connectivity index (χ1v) is 12.8. The molecule has 7 heteroatoms. The van der Waals surface area contributed by atoms with Crippen LogP contribution in [0.5, 0.6) is 0 Å². The highest BCUT2D eigenvalue weighted by Crippen LogP contribution is 2.15. The molecule has 0 bridgehead atoms. The molecule has 0 rings (SSSR count). The second-order valence-electron chi connectivity index (χ2n) is 9.69. The third-order valence-corrected chi connectivity index (χ3v) is 5.28. The van der Waals surface area contributed by atoms with Gasteiger partial charge in [-0.05, 0) is 45.6 Å². The monoisotopic (exact) mass is 452 g/mol. The molecule has 1 amide bonds. The summed E-state index contributed by atoms with van der Waals surface area (Å²) in [6.45, 7) is 6.76. The van der Waals surface area contributed by atoms with Crippen molar-refractivity contribution in [3.63, 3.8) is 0 Å². The lowest BCUT2D eigenvalue weighted by Crippen LogP contribution is -2.24. The van der Waals surface area contributed by atoms with E-state index in [2.05, 4.69) is 15.3 Å². The topological polar surface area (TPSA) is 104 Å². The average molecular weight is 453 g/mol. The third kappa shape index (κ3) is 24.5. The third-order valence-electron chi connectivity index (χ3n) is 5.28. The fraction of sp³-hybridized carbons (Fsp3) is 0.920. The first-order chi connectivity index (χ1) is 15.3. The summed E-state index contributed by atoms with van der Waals surface area (Å²) in [5.74, 6) is 0.0346. The molecule has 186 valence electrons. The predicted octanol–water partition coefficient (Wildman–Crippen LogP) is 7.39. The number of hydrogen-bond acceptors (Lipinski definition) is 4. The van der Waals surface area contributed by atoms with Crippen LogP contribution in [0, 0.1) is 0 Å². The Labute approximate surface area is 196 Å². The molecule has 1 N–H and O–H groups in total. The van der Waals surface area contributed by atoms with Crippen LogP contribution < -0.4 is 5.32 Å². The molecule has 0 fully saturated rings. The van der Waals surface area contributed by atoms with E-state index < -0.39 is 0 Å². The number of ether oxygens (including phenoxy) is 1. The van der Waals surface area contributed by atoms with Crippen molar-refractivity contribution in [3.8, 4) is 0 Å². The van der Waals surface area contributed by atoms with Crippen molar-refractivity contribution < 1.29 is 14.3 Å². The van der Waals surface area contributed by atoms with Crippen molar-refractivity contribution in [3.05, 3.63) is 10.4 Å². The second kappa shape index (κ2) is 21.1. The Morgan fingerprint density at radius 1 is 0.750 bits per heavy atom. The Kier molecular flexibility index (Phi) is 20.0. The van der Waals surface area contributed by atoms with Crippen LogP contribution in [0.1, 0.15) is 130 Å². The van der Waals surface area contributed by atoms with Crippen LogP contribution in [0.4, 0.5) is 0 Å². The second-order valence-corrected chi connectivity index (χ2v) is 9.69. The zero-order valence-corrected chi connectivity index (χ0v) is 21.0. The fourth-order valence-electron chi connectivity index (χ4n) is 3.58. The molecule has 0 unspecified atom stereocenters. The first kappa shape index (κ1) is 30.2. The van der Waals surface area contributed by atoms with E-state index in [4.69, 9.17) is 10.3 Å². The van der Waals surface area contributed by atoms with Crippen molar-refractivity contribution in [1.82, 2.24) is 5.32 Å². The molecule has 0 aromatic carbocycles. The number of unbranched alkanes of at least 4 members (excludes halogenated alkanes) is 13. The molecule has 0 aliphatic carbocycles. The van der Waals surface area contributed by atoms with Crippen LogP contribution in [0.25, 0.3) is 10.4 Å². The molecule has 0 aliphatic heterocycles. The molecule has 0 aromatic heterocycles. The van der Waals surface area contributed by atoms with Gasteiger partial charge in [0, 0.05) is 30.8 Å². The summed E-state index contributed by atoms with van der Waals surface area (Å²) in [4.78, 5) is 26.0. The molecule has 32 heavy (non-hydrogen) atoms. The van der Waals surface area contributed by atoms with Crippen LogP contribution in [0.15, 0.2) is 5.11 Å². The number of rotatable bonds is 21. The summed E-state index contributed by atoms with van der Waals surface area (Å²) in [6.07, 6.45) is 18.9. The lowest BCUT2D eigenvalue weighted by Gasteiger charge is -2.19. The molecule has 0 aromatic rings. The highest BCUT2D eigenvalue weighted by Gasteiger charge is 2.15. The summed E-state index contributed by atoms with van der Waals surface area (Å²) in [6, 6.07) is 0. The summed E-state index contributed by atoms with van der Waals surface area (Å²) >= 11 is 0. The van der Waals surface area contributed by atoms with E-state index in [1.807, 2.05) is 20.8 Å². The molecular weight excluding hydrogens is 404 g/mol. The van der Waals surface area contributed by atoms with E-state index in [1.54, 1.807) is 0 Å². The lowest BCUT2D eigenvalue weighted by molar-refractivity contribution is -0.154. The number of carbonyl (C=O) groups is 2. The van der Waals surface area contributed by atoms with E-state index in [9.17, 15) is 9.59 Å². The fourth-order valence-corrected chi connectivity index (χ4v) is 3.58. The van der Waals surface area contributed by atoms with E-state index in [-0.39, 0.29) is 17.5 Å². The number of nitrogens with one attached hydrogen (secondary N) is 1. The Balaban J connectivity index is 3.23. The van der Waals surface area contributed by atoms with Crippen molar-refractivity contribution in [1.29, 1.82) is 0 Å². The number of hydrogen-bond donors (Lipinski definition) is 1. The van der Waals surface area contributed by atoms with Gasteiger partial charge in [-0.2, -0.15) is 0 Å². The van der Waals surface area contributed by atoms with Gasteiger partial charge in [0.15, 0.2) is 0 Å². The van der Waals surface area contributed by atoms with Gasteiger partial charge < -0.3 is 10.1 Å². The quantitative estimate of drug-likeness (QED) is 0.0645. The molecule has 0 aliphatic rings. The van der Waals surface area contributed by atoms with Crippen LogP contribution in [0.2, 0.25) is 0 Å². The van der Waals surface area contributed by atoms with Crippen molar-refractivity contribution in [2.24, 2.45) is 5.11 Å². The average Bonchev–Trinajstić information content (AvgIpc) is 2.72. The van der Waals surface area contributed by atoms with Crippen LogP contribution >= 0.6 is 0 Å². The van der Waals surface area contributed by atoms with Gasteiger partial charge in [0.05, 0.1) is 0 Å². The Bertz CT molecular complexity index is 526. The highest BCUT2D eigenvalue weighted by molar-refractivity contribution is 5.75. The normalized spacial score (nSPS) is 11.1. The van der Waals surface area contributed by atoms with Gasteiger partial charge in [-0.25, -0.2) is 0 Å². The number of azide groups is 1. The van der Waals surface area contributed by atoms with Gasteiger partial charge in [0.1, 0.15) is 5.60 Å². The summed E-state index contributed by atoms with van der Waals surface area (Å²) < 4.78 is 5.32. The maximum Gasteiger partial charge on any atom is 0.306 e. The molecule has 7 nitrogen and oxygen atoms in total. The molecule has 0 heterocycles. The van der Waals surface area contributed by atoms with E-state index in [1.165, 1.54) is 64.2 Å². The van der Waals surface area contributed by atoms with Gasteiger partial charge in [-0.1, -0.05) is 82.2 Å². The van der Waals surface area contributed by atoms with Crippen molar-refractivity contribution in [2.75, 3.05) is 13.1 Å². The zero-order valence-electron chi connectivity index (χ0n) is 21.0. The number of carbonyl (C=O) groups excluding carboxylic acids is 2. The minimum atomic E-state index is -0.369. The highest BCUT2D eigenvalue weighted by atomic mass is 16.6. The number of amides is 1. The largest absolute Gasteiger partial charge is 0.460 e. The maximum atomic E-state index is 11.6. The van der Waals surface area contributed by atoms with Gasteiger partial charge in [-0.3, -0.25) is 9.59 Å². The summed E-state index contributed by atoms with van der Waals surface area (Å²) in [5, 5.41) is 6.31. The Morgan fingerprint density at radius 2 is 1.19 bits per heavy atom. The van der Waals surface area contributed by atoms with E-state index in [0.29, 0.717) is 32.4 Å². The minimum Gasteiger partial charge on any atom is -0.460 e. The van der Waals surface area contributed by atoms with Crippen LogP contribution in [-0.4, -0.2) is 30.6 Å². The van der Waals surface area contributed by atoms with Gasteiger partial charge in [0.25, 0.3) is 0 Å². The molecule has 0 saturated carbocycles. The zero-order chi connectivity index (χ0) is 23.9. The standard InChI is InChI=1S/C25H48N4O3/c1-25(2,3)32-24(31)20-17-15-13-11-9-7-5-4-6-8-10-12-14-16-19-23(30)27-21-18-22-28-29-26/h4-22H2,1-3H3,(H,27,30). The number of nitrogens with zero attached hydrogens (tertiary/aromatic N) is 3. The number of esters is 1. The molecular formula is C25H48N4O3. The van der Waals surface area contributed by atoms with Crippen LogP contribution in [0.3, 0.4) is 0 Å². The Hall–Kier alpha value is -1.75. The van der Waals surface area contributed by atoms with Gasteiger partial charge >= 0.3 is 5.97 Å². The first-order valence-electron chi connectivity index (χ1n) is 12.8. The molecule has 0 saturated heterocycles. The SMILES string of the molecule is CC(C)(C)OC(=O)CCCCCCCCCCCCCCCCC(=O)NCCCN=[N+]=[N-]. The van der Waals surface area contributed by atoms with Gasteiger partial charge in [0.2, 0.25) is 5.91 Å². The summed E-state index contributed by atoms with van der Waals surface area (Å²) in [7, 11) is 0. The van der Waals surface area contributed by atoms with Crippen molar-refractivity contribution in [2.45, 2.75) is 136 Å². The Morgan fingerprint density at radius 3 is 1.62 bits per heavy atom. The maximum absolute atomic E-state index is 11.6. The molecule has 0 spiro atoms. The minimum absolute atomic E-state index is 0.0709. The van der Waals surface area contributed by atoms with Crippen LogP contribution in [-0.2, 0) is 14.3 Å². The van der Waals surface area contributed by atoms with Gasteiger partial charge in [-0.15, -0.1) is 0 Å². The summed E-state index contributed by atoms with van der Waals surface area (Å²) in [5.41, 5.74) is 7.80. The van der Waals surface area contributed by atoms with Crippen molar-refractivity contribution >= 4 is 11.9 Å². The molecule has 0 atom stereocenters. The smallest absolute Gasteiger partial charge is 0.306 e. The lowest BCUT2D eigenvalue weighted by atomic mass is 10.0. The molecule has 0 radical (unpaired) electrons. The predicted molar refractivity (Wildman–Crippen MR) is 131 cm³/mol. The van der Waals surface area contributed by atoms with E-state index in [0.717, 1.165) is 25.7 Å².